The molecule has 2 heterocycles. The van der Waals surface area contributed by atoms with Crippen molar-refractivity contribution in [3.8, 4) is 23.9 Å². The van der Waals surface area contributed by atoms with Gasteiger partial charge in [0, 0.05) is 6.04 Å². The monoisotopic (exact) mass is 362 g/mol. The van der Waals surface area contributed by atoms with Crippen LogP contribution >= 0.6 is 0 Å². The number of rotatable bonds is 6. The van der Waals surface area contributed by atoms with Crippen LogP contribution in [0.1, 0.15) is 25.5 Å². The van der Waals surface area contributed by atoms with Crippen LogP contribution in [0.3, 0.4) is 0 Å². The molecule has 2 aromatic rings. The van der Waals surface area contributed by atoms with Gasteiger partial charge in [-0.2, -0.15) is 28.1 Å². The van der Waals surface area contributed by atoms with Crippen molar-refractivity contribution in [1.29, 1.82) is 0 Å². The highest BCUT2D eigenvalue weighted by atomic mass is 19.4. The van der Waals surface area contributed by atoms with Crippen molar-refractivity contribution in [3.63, 3.8) is 0 Å². The fraction of sp³-hybridized carbons (Fsp3) is 0.412. The molecule has 1 fully saturated rings. The van der Waals surface area contributed by atoms with E-state index in [2.05, 4.69) is 36.5 Å². The average Bonchev–Trinajstić information content (AvgIpc) is 3.44. The van der Waals surface area contributed by atoms with Crippen LogP contribution in [0.2, 0.25) is 0 Å². The molecule has 6 nitrogen and oxygen atoms in total. The molecule has 136 valence electrons. The SMILES string of the molecule is C#CCNc1nc(N[C@H](C)C2CC2)nc(-c2cccc(C(F)(F)F)n2)n1. The molecule has 1 aliphatic carbocycles. The maximum absolute atomic E-state index is 12.9. The topological polar surface area (TPSA) is 75.6 Å². The summed E-state index contributed by atoms with van der Waals surface area (Å²) in [6.07, 6.45) is 2.93. The predicted molar refractivity (Wildman–Crippen MR) is 91.2 cm³/mol. The quantitative estimate of drug-likeness (QED) is 0.769. The van der Waals surface area contributed by atoms with Crippen molar-refractivity contribution in [2.75, 3.05) is 17.2 Å². The largest absolute Gasteiger partial charge is 0.433 e. The summed E-state index contributed by atoms with van der Waals surface area (Å²) in [6.45, 7) is 2.19. The third-order valence-corrected chi connectivity index (χ3v) is 3.94. The van der Waals surface area contributed by atoms with Crippen LogP contribution in [0, 0.1) is 18.3 Å². The number of halogens is 3. The lowest BCUT2D eigenvalue weighted by molar-refractivity contribution is -0.141. The molecular weight excluding hydrogens is 345 g/mol. The molecule has 2 aromatic heterocycles. The summed E-state index contributed by atoms with van der Waals surface area (Å²) in [5.41, 5.74) is -0.998. The smallest absolute Gasteiger partial charge is 0.351 e. The summed E-state index contributed by atoms with van der Waals surface area (Å²) in [5, 5.41) is 5.99. The van der Waals surface area contributed by atoms with Gasteiger partial charge in [0.2, 0.25) is 11.9 Å². The van der Waals surface area contributed by atoms with Crippen molar-refractivity contribution in [3.05, 3.63) is 23.9 Å². The Morgan fingerprint density at radius 2 is 1.92 bits per heavy atom. The summed E-state index contributed by atoms with van der Waals surface area (Å²) >= 11 is 0. The summed E-state index contributed by atoms with van der Waals surface area (Å²) in [6, 6.07) is 3.74. The van der Waals surface area contributed by atoms with Gasteiger partial charge in [0.25, 0.3) is 0 Å². The van der Waals surface area contributed by atoms with Gasteiger partial charge in [-0.05, 0) is 37.8 Å². The van der Waals surface area contributed by atoms with Gasteiger partial charge in [0.05, 0.1) is 6.54 Å². The number of nitrogens with zero attached hydrogens (tertiary/aromatic N) is 4. The molecule has 26 heavy (non-hydrogen) atoms. The van der Waals surface area contributed by atoms with E-state index in [0.717, 1.165) is 18.9 Å². The highest BCUT2D eigenvalue weighted by Crippen LogP contribution is 2.34. The number of terminal acetylenes is 1. The van der Waals surface area contributed by atoms with Gasteiger partial charge < -0.3 is 10.6 Å². The van der Waals surface area contributed by atoms with Gasteiger partial charge in [-0.1, -0.05) is 12.0 Å². The Labute approximate surface area is 148 Å². The van der Waals surface area contributed by atoms with E-state index in [9.17, 15) is 13.2 Å². The number of aromatic nitrogens is 4. The third kappa shape index (κ3) is 4.39. The molecule has 0 aromatic carbocycles. The maximum Gasteiger partial charge on any atom is 0.433 e. The van der Waals surface area contributed by atoms with Gasteiger partial charge in [0.15, 0.2) is 5.82 Å². The number of nitrogens with one attached hydrogen (secondary N) is 2. The highest BCUT2D eigenvalue weighted by Gasteiger charge is 2.33. The molecule has 2 N–H and O–H groups in total. The number of anilines is 2. The van der Waals surface area contributed by atoms with Crippen LogP contribution in [0.4, 0.5) is 25.1 Å². The number of hydrogen-bond donors (Lipinski definition) is 2. The molecule has 0 bridgehead atoms. The van der Waals surface area contributed by atoms with Gasteiger partial charge in [-0.15, -0.1) is 6.42 Å². The van der Waals surface area contributed by atoms with Crippen molar-refractivity contribution in [1.82, 2.24) is 19.9 Å². The average molecular weight is 362 g/mol. The Balaban J connectivity index is 1.95. The van der Waals surface area contributed by atoms with Crippen LogP contribution in [0.15, 0.2) is 18.2 Å². The van der Waals surface area contributed by atoms with Gasteiger partial charge in [-0.25, -0.2) is 4.98 Å². The number of alkyl halides is 3. The van der Waals surface area contributed by atoms with E-state index in [-0.39, 0.29) is 36.0 Å². The van der Waals surface area contributed by atoms with E-state index in [1.54, 1.807) is 0 Å². The summed E-state index contributed by atoms with van der Waals surface area (Å²) in [4.78, 5) is 16.2. The fourth-order valence-electron chi connectivity index (χ4n) is 2.40. The van der Waals surface area contributed by atoms with Gasteiger partial charge in [-0.3, -0.25) is 0 Å². The first-order valence-electron chi connectivity index (χ1n) is 8.11. The Bertz CT molecular complexity index is 826. The van der Waals surface area contributed by atoms with E-state index in [1.807, 2.05) is 6.92 Å². The zero-order valence-corrected chi connectivity index (χ0v) is 14.0. The number of pyridine rings is 1. The van der Waals surface area contributed by atoms with E-state index in [0.29, 0.717) is 5.92 Å². The molecule has 0 aliphatic heterocycles. The van der Waals surface area contributed by atoms with Crippen molar-refractivity contribution in [2.24, 2.45) is 5.92 Å². The van der Waals surface area contributed by atoms with Crippen LogP contribution in [-0.2, 0) is 6.18 Å². The van der Waals surface area contributed by atoms with Crippen LogP contribution < -0.4 is 10.6 Å². The first kappa shape index (κ1) is 17.9. The first-order chi connectivity index (χ1) is 12.4. The minimum Gasteiger partial charge on any atom is -0.351 e. The Morgan fingerprint density at radius 1 is 1.19 bits per heavy atom. The van der Waals surface area contributed by atoms with Crippen LogP contribution in [0.25, 0.3) is 11.5 Å². The molecule has 1 atom stereocenters. The molecule has 1 saturated carbocycles. The van der Waals surface area contributed by atoms with Gasteiger partial charge in [0.1, 0.15) is 11.4 Å². The van der Waals surface area contributed by atoms with Crippen molar-refractivity contribution in [2.45, 2.75) is 32.0 Å². The lowest BCUT2D eigenvalue weighted by Crippen LogP contribution is -2.20. The molecule has 0 radical (unpaired) electrons. The molecule has 0 saturated heterocycles. The summed E-state index contributed by atoms with van der Waals surface area (Å²) in [5.74, 6) is 3.43. The van der Waals surface area contributed by atoms with E-state index >= 15 is 0 Å². The highest BCUT2D eigenvalue weighted by molar-refractivity contribution is 5.54. The van der Waals surface area contributed by atoms with Gasteiger partial charge >= 0.3 is 6.18 Å². The second-order valence-electron chi connectivity index (χ2n) is 6.04. The molecule has 9 heteroatoms. The third-order valence-electron chi connectivity index (χ3n) is 3.94. The van der Waals surface area contributed by atoms with E-state index in [1.165, 1.54) is 12.1 Å². The lowest BCUT2D eigenvalue weighted by atomic mass is 10.2. The standard InChI is InChI=1S/C17H17F3N6/c1-3-9-21-15-24-14(12-5-4-6-13(23-12)17(18,19)20)25-16(26-15)22-10(2)11-7-8-11/h1,4-6,10-11H,7-9H2,2H3,(H2,21,22,24,25,26)/t10-/m1/s1. The summed E-state index contributed by atoms with van der Waals surface area (Å²) < 4.78 is 38.7. The predicted octanol–water partition coefficient (Wildman–Crippen LogP) is 3.21. The Hall–Kier alpha value is -2.89. The zero-order chi connectivity index (χ0) is 18.7. The fourth-order valence-corrected chi connectivity index (χ4v) is 2.40. The molecule has 3 rings (SSSR count). The molecule has 0 unspecified atom stereocenters. The Kier molecular flexibility index (Phi) is 4.93. The van der Waals surface area contributed by atoms with E-state index in [4.69, 9.17) is 6.42 Å². The lowest BCUT2D eigenvalue weighted by Gasteiger charge is -2.14. The molecule has 1 aliphatic rings. The van der Waals surface area contributed by atoms with Crippen LogP contribution in [-0.4, -0.2) is 32.5 Å². The molecule has 0 spiro atoms. The van der Waals surface area contributed by atoms with Crippen molar-refractivity contribution >= 4 is 11.9 Å². The van der Waals surface area contributed by atoms with E-state index < -0.39 is 11.9 Å². The second kappa shape index (κ2) is 7.15. The number of hydrogen-bond acceptors (Lipinski definition) is 6. The Morgan fingerprint density at radius 3 is 2.58 bits per heavy atom. The van der Waals surface area contributed by atoms with Crippen LogP contribution in [0.5, 0.6) is 0 Å². The minimum atomic E-state index is -4.55. The molecular formula is C17H17F3N6. The second-order valence-corrected chi connectivity index (χ2v) is 6.04. The first-order valence-corrected chi connectivity index (χ1v) is 8.11. The zero-order valence-electron chi connectivity index (χ0n) is 14.0. The molecule has 0 amide bonds. The van der Waals surface area contributed by atoms with Crippen molar-refractivity contribution < 1.29 is 13.2 Å². The normalized spacial score (nSPS) is 15.2. The minimum absolute atomic E-state index is 0.00751. The maximum atomic E-state index is 12.9. The summed E-state index contributed by atoms with van der Waals surface area (Å²) in [7, 11) is 0.